The van der Waals surface area contributed by atoms with Crippen molar-refractivity contribution >= 4 is 11.6 Å². The lowest BCUT2D eigenvalue weighted by molar-refractivity contribution is 0.0996. The summed E-state index contributed by atoms with van der Waals surface area (Å²) in [5, 5.41) is 11.5. The van der Waals surface area contributed by atoms with Crippen molar-refractivity contribution in [2.75, 3.05) is 5.32 Å². The van der Waals surface area contributed by atoms with Crippen molar-refractivity contribution in [2.24, 2.45) is 0 Å². The molecule has 4 nitrogen and oxygen atoms in total. The van der Waals surface area contributed by atoms with Gasteiger partial charge in [0, 0.05) is 5.56 Å². The fourth-order valence-electron chi connectivity index (χ4n) is 1.47. The number of rotatable bonds is 2. The highest BCUT2D eigenvalue weighted by molar-refractivity contribution is 6.03. The molecule has 2 aromatic rings. The minimum atomic E-state index is -0.352. The van der Waals surface area contributed by atoms with Gasteiger partial charge < -0.3 is 9.73 Å². The molecular formula is C13H10N2O2. The highest BCUT2D eigenvalue weighted by atomic mass is 16.3. The molecule has 0 atom stereocenters. The molecular weight excluding hydrogens is 216 g/mol. The molecule has 0 bridgehead atoms. The molecule has 0 spiro atoms. The fourth-order valence-corrected chi connectivity index (χ4v) is 1.47. The van der Waals surface area contributed by atoms with Crippen LogP contribution in [0, 0.1) is 18.3 Å². The highest BCUT2D eigenvalue weighted by Crippen LogP contribution is 2.16. The number of furan rings is 1. The Morgan fingerprint density at radius 1 is 1.35 bits per heavy atom. The van der Waals surface area contributed by atoms with E-state index in [4.69, 9.17) is 9.68 Å². The van der Waals surface area contributed by atoms with E-state index in [0.717, 1.165) is 5.56 Å². The first-order valence-electron chi connectivity index (χ1n) is 5.07. The maximum atomic E-state index is 11.8. The van der Waals surface area contributed by atoms with Crippen LogP contribution in [0.2, 0.25) is 0 Å². The van der Waals surface area contributed by atoms with Gasteiger partial charge in [-0.25, -0.2) is 0 Å². The fraction of sp³-hybridized carbons (Fsp3) is 0.0769. The Balaban J connectivity index is 2.26. The van der Waals surface area contributed by atoms with E-state index in [0.29, 0.717) is 11.3 Å². The summed E-state index contributed by atoms with van der Waals surface area (Å²) >= 11 is 0. The number of carbonyl (C=O) groups is 1. The average molecular weight is 226 g/mol. The van der Waals surface area contributed by atoms with Crippen LogP contribution in [0.25, 0.3) is 0 Å². The summed E-state index contributed by atoms with van der Waals surface area (Å²) in [5.74, 6) is -0.0899. The van der Waals surface area contributed by atoms with Crippen molar-refractivity contribution in [3.63, 3.8) is 0 Å². The predicted molar refractivity (Wildman–Crippen MR) is 62.6 cm³/mol. The number of nitrogens with zero attached hydrogens (tertiary/aromatic N) is 1. The number of hydrogen-bond donors (Lipinski definition) is 1. The van der Waals surface area contributed by atoms with Crippen molar-refractivity contribution in [3.05, 3.63) is 53.5 Å². The van der Waals surface area contributed by atoms with E-state index < -0.39 is 0 Å². The predicted octanol–water partition coefficient (Wildman–Crippen LogP) is 2.71. The topological polar surface area (TPSA) is 66.0 Å². The van der Waals surface area contributed by atoms with Crippen LogP contribution in [0.4, 0.5) is 5.69 Å². The largest absolute Gasteiger partial charge is 0.459 e. The Morgan fingerprint density at radius 2 is 2.12 bits per heavy atom. The zero-order valence-electron chi connectivity index (χ0n) is 9.23. The maximum absolute atomic E-state index is 11.8. The van der Waals surface area contributed by atoms with Gasteiger partial charge in [-0.05, 0) is 25.1 Å². The van der Waals surface area contributed by atoms with E-state index in [-0.39, 0.29) is 11.7 Å². The Labute approximate surface area is 98.5 Å². The first kappa shape index (κ1) is 11.0. The van der Waals surface area contributed by atoms with Crippen LogP contribution in [0.15, 0.2) is 41.0 Å². The quantitative estimate of drug-likeness (QED) is 0.856. The van der Waals surface area contributed by atoms with Crippen molar-refractivity contribution < 1.29 is 9.21 Å². The SMILES string of the molecule is Cc1ccoc1C(=O)Nc1ccccc1C#N. The molecule has 4 heteroatoms. The molecule has 1 heterocycles. The summed E-state index contributed by atoms with van der Waals surface area (Å²) in [6.07, 6.45) is 1.46. The molecule has 17 heavy (non-hydrogen) atoms. The minimum absolute atomic E-state index is 0.262. The number of hydrogen-bond acceptors (Lipinski definition) is 3. The number of carbonyl (C=O) groups excluding carboxylic acids is 1. The molecule has 0 aliphatic rings. The maximum Gasteiger partial charge on any atom is 0.291 e. The number of para-hydroxylation sites is 1. The molecule has 1 N–H and O–H groups in total. The lowest BCUT2D eigenvalue weighted by Gasteiger charge is -2.05. The molecule has 0 radical (unpaired) electrons. The molecule has 0 fully saturated rings. The Bertz CT molecular complexity index is 593. The Hall–Kier alpha value is -2.54. The van der Waals surface area contributed by atoms with Gasteiger partial charge in [0.1, 0.15) is 6.07 Å². The third-order valence-corrected chi connectivity index (χ3v) is 2.36. The second kappa shape index (κ2) is 4.54. The van der Waals surface area contributed by atoms with Crippen LogP contribution >= 0.6 is 0 Å². The molecule has 0 unspecified atom stereocenters. The summed E-state index contributed by atoms with van der Waals surface area (Å²) < 4.78 is 5.08. The van der Waals surface area contributed by atoms with Crippen LogP contribution in [-0.2, 0) is 0 Å². The summed E-state index contributed by atoms with van der Waals surface area (Å²) in [7, 11) is 0. The van der Waals surface area contributed by atoms with Gasteiger partial charge in [0.2, 0.25) is 0 Å². The molecule has 84 valence electrons. The minimum Gasteiger partial charge on any atom is -0.459 e. The number of amides is 1. The van der Waals surface area contributed by atoms with Crippen molar-refractivity contribution in [2.45, 2.75) is 6.92 Å². The second-order valence-corrected chi connectivity index (χ2v) is 3.54. The smallest absolute Gasteiger partial charge is 0.291 e. The number of nitriles is 1. The number of benzene rings is 1. The summed E-state index contributed by atoms with van der Waals surface area (Å²) in [6, 6.07) is 10.5. The monoisotopic (exact) mass is 226 g/mol. The van der Waals surface area contributed by atoms with E-state index in [2.05, 4.69) is 5.32 Å². The first-order chi connectivity index (χ1) is 8.22. The Kier molecular flexibility index (Phi) is 2.93. The lowest BCUT2D eigenvalue weighted by Crippen LogP contribution is -2.12. The number of aryl methyl sites for hydroxylation is 1. The van der Waals surface area contributed by atoms with Crippen molar-refractivity contribution in [1.82, 2.24) is 0 Å². The number of nitrogens with one attached hydrogen (secondary N) is 1. The van der Waals surface area contributed by atoms with Crippen molar-refractivity contribution in [3.8, 4) is 6.07 Å². The van der Waals surface area contributed by atoms with E-state index in [1.54, 1.807) is 37.3 Å². The summed E-state index contributed by atoms with van der Waals surface area (Å²) in [5.41, 5.74) is 1.66. The lowest BCUT2D eigenvalue weighted by atomic mass is 10.2. The van der Waals surface area contributed by atoms with E-state index >= 15 is 0 Å². The van der Waals surface area contributed by atoms with Gasteiger partial charge in [0.25, 0.3) is 5.91 Å². The zero-order valence-corrected chi connectivity index (χ0v) is 9.23. The van der Waals surface area contributed by atoms with Gasteiger partial charge in [-0.2, -0.15) is 5.26 Å². The third kappa shape index (κ3) is 2.18. The molecule has 0 saturated heterocycles. The van der Waals surface area contributed by atoms with Gasteiger partial charge in [0.05, 0.1) is 17.5 Å². The first-order valence-corrected chi connectivity index (χ1v) is 5.07. The molecule has 1 amide bonds. The van der Waals surface area contributed by atoms with Crippen molar-refractivity contribution in [1.29, 1.82) is 5.26 Å². The van der Waals surface area contributed by atoms with Crippen LogP contribution in [-0.4, -0.2) is 5.91 Å². The molecule has 0 saturated carbocycles. The summed E-state index contributed by atoms with van der Waals surface area (Å²) in [6.45, 7) is 1.79. The molecule has 1 aromatic heterocycles. The van der Waals surface area contributed by atoms with E-state index in [1.807, 2.05) is 6.07 Å². The summed E-state index contributed by atoms with van der Waals surface area (Å²) in [4.78, 5) is 11.8. The van der Waals surface area contributed by atoms with Gasteiger partial charge in [0.15, 0.2) is 5.76 Å². The van der Waals surface area contributed by atoms with Gasteiger partial charge in [-0.1, -0.05) is 12.1 Å². The second-order valence-electron chi connectivity index (χ2n) is 3.54. The molecule has 2 rings (SSSR count). The van der Waals surface area contributed by atoms with Gasteiger partial charge in [-0.15, -0.1) is 0 Å². The molecule has 1 aromatic carbocycles. The average Bonchev–Trinajstić information content (AvgIpc) is 2.76. The van der Waals surface area contributed by atoms with Crippen LogP contribution in [0.5, 0.6) is 0 Å². The highest BCUT2D eigenvalue weighted by Gasteiger charge is 2.13. The van der Waals surface area contributed by atoms with Gasteiger partial charge in [-0.3, -0.25) is 4.79 Å². The standard InChI is InChI=1S/C13H10N2O2/c1-9-6-7-17-12(9)13(16)15-11-5-3-2-4-10(11)8-14/h2-7H,1H3,(H,15,16). The molecule has 0 aliphatic carbocycles. The van der Waals surface area contributed by atoms with Gasteiger partial charge >= 0.3 is 0 Å². The Morgan fingerprint density at radius 3 is 2.76 bits per heavy atom. The van der Waals surface area contributed by atoms with Crippen LogP contribution < -0.4 is 5.32 Å². The number of anilines is 1. The van der Waals surface area contributed by atoms with E-state index in [1.165, 1.54) is 6.26 Å². The third-order valence-electron chi connectivity index (χ3n) is 2.36. The molecule has 0 aliphatic heterocycles. The van der Waals surface area contributed by atoms with Crippen LogP contribution in [0.3, 0.4) is 0 Å². The van der Waals surface area contributed by atoms with E-state index in [9.17, 15) is 4.79 Å². The van der Waals surface area contributed by atoms with Crippen LogP contribution in [0.1, 0.15) is 21.7 Å². The normalized spacial score (nSPS) is 9.65. The zero-order chi connectivity index (χ0) is 12.3.